The van der Waals surface area contributed by atoms with E-state index < -0.39 is 27.3 Å². The van der Waals surface area contributed by atoms with Crippen LogP contribution in [0.25, 0.3) is 33.3 Å². The molecule has 1 amide bonds. The molecule has 0 saturated carbocycles. The van der Waals surface area contributed by atoms with Crippen molar-refractivity contribution in [1.82, 2.24) is 23.6 Å². The Balaban J connectivity index is 1.25. The first-order chi connectivity index (χ1) is 25.6. The van der Waals surface area contributed by atoms with Crippen molar-refractivity contribution in [2.75, 3.05) is 31.1 Å². The SMILES string of the molecule is Cc1ccc(S(=O)(=O)n2cc(-c3c(C)nn(Cc4cc(F)ccc4F)c3C)c3cc(-c4ccc(N5CCN(C(=O)OC(C)(C)C)CC5)cc4)cnc32)cc1. The predicted octanol–water partition coefficient (Wildman–Crippen LogP) is 8.11. The van der Waals surface area contributed by atoms with Gasteiger partial charge in [-0.2, -0.15) is 5.10 Å². The summed E-state index contributed by atoms with van der Waals surface area (Å²) in [5, 5.41) is 5.27. The molecule has 3 aromatic carbocycles. The molecule has 10 nitrogen and oxygen atoms in total. The van der Waals surface area contributed by atoms with Crippen LogP contribution in [0.2, 0.25) is 0 Å². The van der Waals surface area contributed by atoms with E-state index in [0.29, 0.717) is 54.1 Å². The summed E-state index contributed by atoms with van der Waals surface area (Å²) in [4.78, 5) is 21.4. The molecule has 0 bridgehead atoms. The molecule has 0 radical (unpaired) electrons. The molecular formula is C41H42F2N6O4S. The van der Waals surface area contributed by atoms with Crippen molar-refractivity contribution in [2.24, 2.45) is 0 Å². The van der Waals surface area contributed by atoms with Gasteiger partial charge in [-0.25, -0.2) is 30.9 Å². The van der Waals surface area contributed by atoms with Gasteiger partial charge in [0.25, 0.3) is 10.0 Å². The number of aromatic nitrogens is 4. The highest BCUT2D eigenvalue weighted by atomic mass is 32.2. The summed E-state index contributed by atoms with van der Waals surface area (Å²) >= 11 is 0. The van der Waals surface area contributed by atoms with Crippen LogP contribution in [0.3, 0.4) is 0 Å². The van der Waals surface area contributed by atoms with E-state index in [-0.39, 0.29) is 28.7 Å². The van der Waals surface area contributed by atoms with Gasteiger partial charge in [-0.3, -0.25) is 4.68 Å². The van der Waals surface area contributed by atoms with Crippen molar-refractivity contribution in [3.8, 4) is 22.3 Å². The Labute approximate surface area is 313 Å². The monoisotopic (exact) mass is 752 g/mol. The van der Waals surface area contributed by atoms with Gasteiger partial charge in [-0.05, 0) is 95.6 Å². The van der Waals surface area contributed by atoms with Crippen LogP contribution < -0.4 is 4.90 Å². The van der Waals surface area contributed by atoms with Gasteiger partial charge in [-0.1, -0.05) is 29.8 Å². The van der Waals surface area contributed by atoms with E-state index >= 15 is 0 Å². The number of halogens is 2. The normalized spacial score (nSPS) is 13.9. The third-order valence-corrected chi connectivity index (χ3v) is 11.3. The van der Waals surface area contributed by atoms with Crippen LogP contribution >= 0.6 is 0 Å². The van der Waals surface area contributed by atoms with Gasteiger partial charge in [0.05, 0.1) is 17.1 Å². The third-order valence-electron chi connectivity index (χ3n) is 9.67. The number of anilines is 1. The molecule has 4 heterocycles. The van der Waals surface area contributed by atoms with Gasteiger partial charge < -0.3 is 14.5 Å². The van der Waals surface area contributed by atoms with E-state index in [1.807, 2.05) is 71.9 Å². The van der Waals surface area contributed by atoms with Crippen LogP contribution in [0.5, 0.6) is 0 Å². The number of pyridine rings is 1. The van der Waals surface area contributed by atoms with E-state index in [0.717, 1.165) is 40.6 Å². The molecule has 3 aromatic heterocycles. The lowest BCUT2D eigenvalue weighted by Crippen LogP contribution is -2.50. The molecule has 1 fully saturated rings. The summed E-state index contributed by atoms with van der Waals surface area (Å²) in [7, 11) is -4.06. The Morgan fingerprint density at radius 2 is 1.56 bits per heavy atom. The minimum atomic E-state index is -4.06. The van der Waals surface area contributed by atoms with Crippen molar-refractivity contribution < 1.29 is 26.7 Å². The van der Waals surface area contributed by atoms with E-state index in [1.54, 1.807) is 46.2 Å². The highest BCUT2D eigenvalue weighted by Gasteiger charge is 2.28. The number of amides is 1. The third kappa shape index (κ3) is 7.20. The van der Waals surface area contributed by atoms with Crippen molar-refractivity contribution in [3.63, 3.8) is 0 Å². The Hall–Kier alpha value is -5.56. The van der Waals surface area contributed by atoms with Crippen LogP contribution in [0, 0.1) is 32.4 Å². The molecule has 0 unspecified atom stereocenters. The molecule has 54 heavy (non-hydrogen) atoms. The van der Waals surface area contributed by atoms with Crippen LogP contribution in [0.1, 0.15) is 43.3 Å². The summed E-state index contributed by atoms with van der Waals surface area (Å²) in [6.45, 7) is 13.5. The van der Waals surface area contributed by atoms with Gasteiger partial charge >= 0.3 is 6.09 Å². The number of hydrogen-bond acceptors (Lipinski definition) is 7. The number of aryl methyl sites for hydroxylation is 2. The second kappa shape index (κ2) is 14.0. The Morgan fingerprint density at radius 3 is 2.22 bits per heavy atom. The van der Waals surface area contributed by atoms with Crippen molar-refractivity contribution in [1.29, 1.82) is 0 Å². The maximum absolute atomic E-state index is 14.7. The number of ether oxygens (including phenoxy) is 1. The van der Waals surface area contributed by atoms with E-state index in [1.165, 1.54) is 3.97 Å². The number of benzene rings is 3. The van der Waals surface area contributed by atoms with Crippen LogP contribution in [-0.2, 0) is 21.3 Å². The van der Waals surface area contributed by atoms with Gasteiger partial charge in [0, 0.05) is 77.6 Å². The summed E-state index contributed by atoms with van der Waals surface area (Å²) in [6.07, 6.45) is 2.93. The van der Waals surface area contributed by atoms with Crippen LogP contribution in [0.15, 0.2) is 90.1 Å². The smallest absolute Gasteiger partial charge is 0.410 e. The Morgan fingerprint density at radius 1 is 0.870 bits per heavy atom. The number of hydrogen-bond donors (Lipinski definition) is 0. The summed E-state index contributed by atoms with van der Waals surface area (Å²) in [5.74, 6) is -1.10. The van der Waals surface area contributed by atoms with Crippen LogP contribution in [-0.4, -0.2) is 69.9 Å². The lowest BCUT2D eigenvalue weighted by molar-refractivity contribution is 0.0240. The zero-order valence-electron chi connectivity index (χ0n) is 31.1. The fraction of sp³-hybridized carbons (Fsp3) is 0.293. The number of carbonyl (C=O) groups is 1. The van der Waals surface area contributed by atoms with Crippen molar-refractivity contribution in [3.05, 3.63) is 119 Å². The van der Waals surface area contributed by atoms with Crippen LogP contribution in [0.4, 0.5) is 19.3 Å². The minimum Gasteiger partial charge on any atom is -0.444 e. The van der Waals surface area contributed by atoms with E-state index in [4.69, 9.17) is 9.72 Å². The molecule has 1 aliphatic heterocycles. The average Bonchev–Trinajstić information content (AvgIpc) is 3.64. The highest BCUT2D eigenvalue weighted by Crippen LogP contribution is 2.38. The second-order valence-corrected chi connectivity index (χ2v) is 16.5. The van der Waals surface area contributed by atoms with Gasteiger partial charge in [0.1, 0.15) is 17.2 Å². The molecule has 1 aliphatic rings. The largest absolute Gasteiger partial charge is 0.444 e. The second-order valence-electron chi connectivity index (χ2n) is 14.7. The molecule has 13 heteroatoms. The molecular weight excluding hydrogens is 711 g/mol. The molecule has 280 valence electrons. The molecule has 0 atom stereocenters. The average molecular weight is 753 g/mol. The highest BCUT2D eigenvalue weighted by molar-refractivity contribution is 7.90. The molecule has 0 N–H and O–H groups in total. The van der Waals surface area contributed by atoms with E-state index in [2.05, 4.69) is 10.00 Å². The quantitative estimate of drug-likeness (QED) is 0.162. The first-order valence-electron chi connectivity index (χ1n) is 17.7. The number of nitrogens with zero attached hydrogens (tertiary/aromatic N) is 6. The lowest BCUT2D eigenvalue weighted by atomic mass is 10.0. The molecule has 1 saturated heterocycles. The van der Waals surface area contributed by atoms with Crippen molar-refractivity contribution >= 4 is 32.8 Å². The first kappa shape index (κ1) is 36.8. The number of piperazine rings is 1. The van der Waals surface area contributed by atoms with E-state index in [9.17, 15) is 22.0 Å². The fourth-order valence-electron chi connectivity index (χ4n) is 6.85. The number of carbonyl (C=O) groups excluding carboxylic acids is 1. The minimum absolute atomic E-state index is 0.0114. The first-order valence-corrected chi connectivity index (χ1v) is 19.2. The Kier molecular flexibility index (Phi) is 9.55. The zero-order chi connectivity index (χ0) is 38.5. The predicted molar refractivity (Wildman–Crippen MR) is 205 cm³/mol. The fourth-order valence-corrected chi connectivity index (χ4v) is 8.17. The summed E-state index contributed by atoms with van der Waals surface area (Å²) < 4.78 is 65.3. The topological polar surface area (TPSA) is 103 Å². The zero-order valence-corrected chi connectivity index (χ0v) is 31.9. The lowest BCUT2D eigenvalue weighted by Gasteiger charge is -2.36. The Bertz CT molecular complexity index is 2480. The number of rotatable bonds is 7. The maximum Gasteiger partial charge on any atom is 0.410 e. The maximum atomic E-state index is 14.7. The van der Waals surface area contributed by atoms with Gasteiger partial charge in [0.15, 0.2) is 5.65 Å². The standard InChI is InChI=1S/C41H42F2N6O4S/c1-26-7-14-34(15-8-26)54(51,52)49-25-36(38-27(2)45-48(28(38)3)24-31-21-32(42)11-16-37(31)43)35-22-30(23-44-39(35)49)29-9-12-33(13-10-29)46-17-19-47(20-18-46)40(50)53-41(4,5)6/h7-16,21-23,25H,17-20,24H2,1-6H3. The number of fused-ring (bicyclic) bond motifs is 1. The van der Waals surface area contributed by atoms with Gasteiger partial charge in [-0.15, -0.1) is 0 Å². The molecule has 7 rings (SSSR count). The molecule has 0 aliphatic carbocycles. The molecule has 0 spiro atoms. The summed E-state index contributed by atoms with van der Waals surface area (Å²) in [5.41, 5.74) is 5.97. The summed E-state index contributed by atoms with van der Waals surface area (Å²) in [6, 6.07) is 19.9. The van der Waals surface area contributed by atoms with Gasteiger partial charge in [0.2, 0.25) is 0 Å². The molecule has 6 aromatic rings. The van der Waals surface area contributed by atoms with Crippen molar-refractivity contribution in [2.45, 2.75) is 58.6 Å².